The Morgan fingerprint density at radius 1 is 1.21 bits per heavy atom. The minimum Gasteiger partial charge on any atom is -0.314 e. The van der Waals surface area contributed by atoms with Crippen LogP contribution >= 0.6 is 0 Å². The van der Waals surface area contributed by atoms with Gasteiger partial charge in [-0.2, -0.15) is 0 Å². The molecular formula is C11H25N3. The van der Waals surface area contributed by atoms with Gasteiger partial charge in [0, 0.05) is 26.2 Å². The van der Waals surface area contributed by atoms with Crippen molar-refractivity contribution in [2.24, 2.45) is 0 Å². The van der Waals surface area contributed by atoms with Gasteiger partial charge in [0.05, 0.1) is 0 Å². The second kappa shape index (κ2) is 7.21. The van der Waals surface area contributed by atoms with E-state index in [-0.39, 0.29) is 0 Å². The molecule has 0 radical (unpaired) electrons. The molecule has 0 saturated carbocycles. The minimum atomic E-state index is 1.12. The lowest BCUT2D eigenvalue weighted by Crippen LogP contribution is -2.34. The minimum absolute atomic E-state index is 1.12. The molecule has 1 heterocycles. The third-order valence-corrected chi connectivity index (χ3v) is 3.01. The van der Waals surface area contributed by atoms with Gasteiger partial charge in [-0.3, -0.25) is 0 Å². The Kier molecular flexibility index (Phi) is 6.15. The van der Waals surface area contributed by atoms with E-state index in [0.717, 1.165) is 26.2 Å². The van der Waals surface area contributed by atoms with E-state index in [1.165, 1.54) is 32.5 Å². The number of hydrogen-bond acceptors (Lipinski definition) is 3. The summed E-state index contributed by atoms with van der Waals surface area (Å²) in [6.45, 7) is 10.6. The molecule has 0 unspecified atom stereocenters. The molecule has 0 aromatic heterocycles. The van der Waals surface area contributed by atoms with Gasteiger partial charge in [-0.1, -0.05) is 6.92 Å². The third kappa shape index (κ3) is 4.94. The maximum Gasteiger partial charge on any atom is 0.0107 e. The zero-order chi connectivity index (χ0) is 10.2. The van der Waals surface area contributed by atoms with E-state index >= 15 is 0 Å². The largest absolute Gasteiger partial charge is 0.314 e. The fourth-order valence-corrected chi connectivity index (χ4v) is 1.80. The van der Waals surface area contributed by atoms with Crippen LogP contribution in [0.25, 0.3) is 0 Å². The maximum atomic E-state index is 3.49. The lowest BCUT2D eigenvalue weighted by atomic mass is 10.4. The average molecular weight is 199 g/mol. The molecule has 3 heteroatoms. The van der Waals surface area contributed by atoms with Crippen molar-refractivity contribution in [1.29, 1.82) is 0 Å². The standard InChI is InChI=1S/C11H25N3/c1-3-13(2)10-6-12-7-11-14-8-4-5-9-14/h12H,3-11H2,1-2H3. The van der Waals surface area contributed by atoms with Crippen molar-refractivity contribution < 1.29 is 0 Å². The van der Waals surface area contributed by atoms with Gasteiger partial charge < -0.3 is 15.1 Å². The third-order valence-electron chi connectivity index (χ3n) is 3.01. The van der Waals surface area contributed by atoms with Crippen LogP contribution in [0.1, 0.15) is 19.8 Å². The molecule has 0 aliphatic carbocycles. The van der Waals surface area contributed by atoms with Gasteiger partial charge in [-0.15, -0.1) is 0 Å². The predicted molar refractivity (Wildman–Crippen MR) is 61.7 cm³/mol. The fourth-order valence-electron chi connectivity index (χ4n) is 1.80. The van der Waals surface area contributed by atoms with Gasteiger partial charge in [0.25, 0.3) is 0 Å². The molecule has 1 N–H and O–H groups in total. The van der Waals surface area contributed by atoms with Gasteiger partial charge >= 0.3 is 0 Å². The molecule has 0 amide bonds. The van der Waals surface area contributed by atoms with Crippen LogP contribution < -0.4 is 5.32 Å². The first-order chi connectivity index (χ1) is 6.83. The van der Waals surface area contributed by atoms with Crippen molar-refractivity contribution in [1.82, 2.24) is 15.1 Å². The summed E-state index contributed by atoms with van der Waals surface area (Å²) >= 11 is 0. The molecular weight excluding hydrogens is 174 g/mol. The van der Waals surface area contributed by atoms with Crippen LogP contribution in [0.2, 0.25) is 0 Å². The first kappa shape index (κ1) is 12.0. The van der Waals surface area contributed by atoms with Gasteiger partial charge in [0.15, 0.2) is 0 Å². The lowest BCUT2D eigenvalue weighted by molar-refractivity contribution is 0.319. The number of hydrogen-bond donors (Lipinski definition) is 1. The van der Waals surface area contributed by atoms with E-state index in [9.17, 15) is 0 Å². The van der Waals surface area contributed by atoms with Crippen molar-refractivity contribution >= 4 is 0 Å². The van der Waals surface area contributed by atoms with Gasteiger partial charge in [0.1, 0.15) is 0 Å². The van der Waals surface area contributed by atoms with Crippen molar-refractivity contribution in [3.8, 4) is 0 Å². The molecule has 0 aromatic carbocycles. The molecule has 1 saturated heterocycles. The van der Waals surface area contributed by atoms with Crippen LogP contribution in [-0.2, 0) is 0 Å². The SMILES string of the molecule is CCN(C)CCNCCN1CCCC1. The van der Waals surface area contributed by atoms with E-state index in [1.807, 2.05) is 0 Å². The van der Waals surface area contributed by atoms with Crippen LogP contribution in [0.4, 0.5) is 0 Å². The Hall–Kier alpha value is -0.120. The molecule has 0 aromatic rings. The Morgan fingerprint density at radius 3 is 2.57 bits per heavy atom. The Labute approximate surface area is 88.5 Å². The average Bonchev–Trinajstić information content (AvgIpc) is 2.69. The molecule has 3 nitrogen and oxygen atoms in total. The number of nitrogens with one attached hydrogen (secondary N) is 1. The van der Waals surface area contributed by atoms with Gasteiger partial charge in [-0.05, 0) is 39.5 Å². The van der Waals surface area contributed by atoms with Crippen LogP contribution in [0.5, 0.6) is 0 Å². The lowest BCUT2D eigenvalue weighted by Gasteiger charge is -2.17. The molecule has 1 aliphatic rings. The number of rotatable bonds is 7. The summed E-state index contributed by atoms with van der Waals surface area (Å²) in [6, 6.07) is 0. The molecule has 1 rings (SSSR count). The molecule has 1 fully saturated rings. The van der Waals surface area contributed by atoms with Crippen LogP contribution in [-0.4, -0.2) is 62.7 Å². The summed E-state index contributed by atoms with van der Waals surface area (Å²) in [7, 11) is 2.17. The Morgan fingerprint density at radius 2 is 1.93 bits per heavy atom. The topological polar surface area (TPSA) is 18.5 Å². The van der Waals surface area contributed by atoms with Crippen molar-refractivity contribution in [3.05, 3.63) is 0 Å². The van der Waals surface area contributed by atoms with Gasteiger partial charge in [0.2, 0.25) is 0 Å². The second-order valence-electron chi connectivity index (χ2n) is 4.19. The van der Waals surface area contributed by atoms with Crippen molar-refractivity contribution in [3.63, 3.8) is 0 Å². The molecule has 1 aliphatic heterocycles. The normalized spacial score (nSPS) is 18.2. The van der Waals surface area contributed by atoms with Crippen molar-refractivity contribution in [2.75, 3.05) is 52.9 Å². The van der Waals surface area contributed by atoms with Crippen LogP contribution in [0, 0.1) is 0 Å². The van der Waals surface area contributed by atoms with Gasteiger partial charge in [-0.25, -0.2) is 0 Å². The number of nitrogens with zero attached hydrogens (tertiary/aromatic N) is 2. The zero-order valence-electron chi connectivity index (χ0n) is 9.76. The van der Waals surface area contributed by atoms with E-state index in [4.69, 9.17) is 0 Å². The smallest absolute Gasteiger partial charge is 0.0107 e. The van der Waals surface area contributed by atoms with Crippen LogP contribution in [0.15, 0.2) is 0 Å². The summed E-state index contributed by atoms with van der Waals surface area (Å²) in [4.78, 5) is 4.89. The number of likely N-dealkylation sites (N-methyl/N-ethyl adjacent to an activating group) is 1. The summed E-state index contributed by atoms with van der Waals surface area (Å²) < 4.78 is 0. The van der Waals surface area contributed by atoms with Crippen LogP contribution in [0.3, 0.4) is 0 Å². The van der Waals surface area contributed by atoms with E-state index in [2.05, 4.69) is 29.1 Å². The highest BCUT2D eigenvalue weighted by molar-refractivity contribution is 4.66. The molecule has 0 atom stereocenters. The Bertz CT molecular complexity index is 132. The van der Waals surface area contributed by atoms with E-state index in [1.54, 1.807) is 0 Å². The molecule has 0 bridgehead atoms. The zero-order valence-corrected chi connectivity index (χ0v) is 9.76. The summed E-state index contributed by atoms with van der Waals surface area (Å²) in [5.74, 6) is 0. The fraction of sp³-hybridized carbons (Fsp3) is 1.00. The molecule has 0 spiro atoms. The summed E-state index contributed by atoms with van der Waals surface area (Å²) in [6.07, 6.45) is 2.80. The predicted octanol–water partition coefficient (Wildman–Crippen LogP) is 0.624. The van der Waals surface area contributed by atoms with E-state index < -0.39 is 0 Å². The Balaban J connectivity index is 1.84. The summed E-state index contributed by atoms with van der Waals surface area (Å²) in [5.41, 5.74) is 0. The first-order valence-corrected chi connectivity index (χ1v) is 5.94. The highest BCUT2D eigenvalue weighted by atomic mass is 15.2. The number of likely N-dealkylation sites (tertiary alicyclic amines) is 1. The molecule has 14 heavy (non-hydrogen) atoms. The quantitative estimate of drug-likeness (QED) is 0.607. The second-order valence-corrected chi connectivity index (χ2v) is 4.19. The highest BCUT2D eigenvalue weighted by Crippen LogP contribution is 2.05. The monoisotopic (exact) mass is 199 g/mol. The first-order valence-electron chi connectivity index (χ1n) is 5.94. The van der Waals surface area contributed by atoms with Crippen molar-refractivity contribution in [2.45, 2.75) is 19.8 Å². The highest BCUT2D eigenvalue weighted by Gasteiger charge is 2.09. The summed E-state index contributed by atoms with van der Waals surface area (Å²) in [5, 5.41) is 3.49. The maximum absolute atomic E-state index is 3.49. The van der Waals surface area contributed by atoms with E-state index in [0.29, 0.717) is 0 Å². The molecule has 84 valence electrons.